The summed E-state index contributed by atoms with van der Waals surface area (Å²) in [7, 11) is 4.12. The van der Waals surface area contributed by atoms with Gasteiger partial charge < -0.3 is 9.80 Å². The van der Waals surface area contributed by atoms with E-state index in [-0.39, 0.29) is 5.41 Å². The summed E-state index contributed by atoms with van der Waals surface area (Å²) in [5.74, 6) is 0.802. The molecule has 1 spiro atoms. The van der Waals surface area contributed by atoms with E-state index in [0.29, 0.717) is 11.8 Å². The third-order valence-electron chi connectivity index (χ3n) is 5.47. The van der Waals surface area contributed by atoms with E-state index >= 15 is 0 Å². The highest BCUT2D eigenvalue weighted by Gasteiger charge is 2.54. The van der Waals surface area contributed by atoms with E-state index in [1.54, 1.807) is 6.20 Å². The van der Waals surface area contributed by atoms with Crippen molar-refractivity contribution >= 4 is 5.91 Å². The zero-order valence-corrected chi connectivity index (χ0v) is 14.5. The Hall–Kier alpha value is -1.46. The van der Waals surface area contributed by atoms with Crippen LogP contribution in [0, 0.1) is 11.3 Å². The van der Waals surface area contributed by atoms with Crippen LogP contribution in [0.2, 0.25) is 0 Å². The normalized spacial score (nSPS) is 28.4. The van der Waals surface area contributed by atoms with Crippen LogP contribution in [0.15, 0.2) is 24.5 Å². The minimum atomic E-state index is -0.158. The van der Waals surface area contributed by atoms with Crippen LogP contribution >= 0.6 is 0 Å². The topological polar surface area (TPSA) is 39.7 Å². The van der Waals surface area contributed by atoms with Gasteiger partial charge in [-0.05, 0) is 38.1 Å². The number of pyridine rings is 1. The molecule has 5 nitrogen and oxygen atoms in total. The van der Waals surface area contributed by atoms with Gasteiger partial charge in [0.25, 0.3) is 0 Å². The fourth-order valence-electron chi connectivity index (χ4n) is 4.05. The van der Waals surface area contributed by atoms with Gasteiger partial charge in [0.2, 0.25) is 5.91 Å². The second-order valence-corrected chi connectivity index (χ2v) is 7.43. The van der Waals surface area contributed by atoms with Crippen LogP contribution in [0.25, 0.3) is 0 Å². The number of aromatic nitrogens is 1. The Morgan fingerprint density at radius 1 is 1.43 bits per heavy atom. The number of hydrogen-bond acceptors (Lipinski definition) is 4. The van der Waals surface area contributed by atoms with Gasteiger partial charge in [-0.1, -0.05) is 13.0 Å². The Balaban J connectivity index is 1.65. The summed E-state index contributed by atoms with van der Waals surface area (Å²) in [5.41, 5.74) is 1.07. The molecule has 1 aromatic rings. The van der Waals surface area contributed by atoms with Crippen LogP contribution in [0.4, 0.5) is 0 Å². The summed E-state index contributed by atoms with van der Waals surface area (Å²) in [6.45, 7) is 7.74. The average molecular weight is 316 g/mol. The smallest absolute Gasteiger partial charge is 0.230 e. The fourth-order valence-corrected chi connectivity index (χ4v) is 4.05. The zero-order chi connectivity index (χ0) is 16.4. The number of likely N-dealkylation sites (tertiary alicyclic amines) is 2. The second kappa shape index (κ2) is 6.57. The van der Waals surface area contributed by atoms with Crippen molar-refractivity contribution in [2.75, 3.05) is 46.8 Å². The third kappa shape index (κ3) is 3.26. The van der Waals surface area contributed by atoms with E-state index in [1.807, 2.05) is 12.3 Å². The minimum Gasteiger partial charge on any atom is -0.341 e. The molecule has 1 aromatic heterocycles. The van der Waals surface area contributed by atoms with Gasteiger partial charge in [0, 0.05) is 51.7 Å². The average Bonchev–Trinajstić information content (AvgIpc) is 3.00. The van der Waals surface area contributed by atoms with E-state index in [0.717, 1.165) is 45.7 Å². The van der Waals surface area contributed by atoms with Crippen LogP contribution < -0.4 is 0 Å². The highest BCUT2D eigenvalue weighted by molar-refractivity contribution is 5.86. The molecule has 0 aromatic carbocycles. The molecule has 2 fully saturated rings. The van der Waals surface area contributed by atoms with Crippen LogP contribution in [0.3, 0.4) is 0 Å². The first-order valence-electron chi connectivity index (χ1n) is 8.56. The van der Waals surface area contributed by atoms with Crippen molar-refractivity contribution in [3.8, 4) is 0 Å². The van der Waals surface area contributed by atoms with E-state index in [2.05, 4.69) is 46.8 Å². The van der Waals surface area contributed by atoms with Gasteiger partial charge in [-0.3, -0.25) is 14.7 Å². The Bertz CT molecular complexity index is 547. The lowest BCUT2D eigenvalue weighted by Gasteiger charge is -2.27. The number of carbonyl (C=O) groups excluding carboxylic acids is 1. The van der Waals surface area contributed by atoms with Gasteiger partial charge in [0.15, 0.2) is 0 Å². The van der Waals surface area contributed by atoms with Crippen molar-refractivity contribution < 1.29 is 4.79 Å². The van der Waals surface area contributed by atoms with Gasteiger partial charge in [-0.2, -0.15) is 0 Å². The summed E-state index contributed by atoms with van der Waals surface area (Å²) in [6, 6.07) is 4.09. The van der Waals surface area contributed by atoms with Crippen molar-refractivity contribution in [1.82, 2.24) is 19.7 Å². The van der Waals surface area contributed by atoms with Crippen LogP contribution in [-0.4, -0.2) is 72.4 Å². The predicted molar refractivity (Wildman–Crippen MR) is 90.9 cm³/mol. The number of rotatable bonds is 5. The van der Waals surface area contributed by atoms with E-state index in [4.69, 9.17) is 0 Å². The van der Waals surface area contributed by atoms with Gasteiger partial charge >= 0.3 is 0 Å². The maximum absolute atomic E-state index is 13.0. The van der Waals surface area contributed by atoms with Crippen molar-refractivity contribution in [1.29, 1.82) is 0 Å². The maximum Gasteiger partial charge on any atom is 0.230 e. The Labute approximate surface area is 139 Å². The first-order chi connectivity index (χ1) is 11.0. The first kappa shape index (κ1) is 16.4. The van der Waals surface area contributed by atoms with E-state index in [1.165, 1.54) is 5.56 Å². The lowest BCUT2D eigenvalue weighted by molar-refractivity contribution is -0.137. The molecule has 2 aliphatic rings. The van der Waals surface area contributed by atoms with Crippen molar-refractivity contribution in [2.24, 2.45) is 11.3 Å². The molecule has 2 atom stereocenters. The van der Waals surface area contributed by atoms with Crippen molar-refractivity contribution in [3.05, 3.63) is 30.1 Å². The molecule has 126 valence electrons. The molecule has 23 heavy (non-hydrogen) atoms. The monoisotopic (exact) mass is 316 g/mol. The van der Waals surface area contributed by atoms with Gasteiger partial charge in [-0.25, -0.2) is 0 Å². The molecule has 3 rings (SSSR count). The number of carbonyl (C=O) groups is 1. The molecule has 0 saturated carbocycles. The third-order valence-corrected chi connectivity index (χ3v) is 5.47. The van der Waals surface area contributed by atoms with E-state index < -0.39 is 0 Å². The molecular formula is C18H28N4O. The molecule has 0 bridgehead atoms. The summed E-state index contributed by atoms with van der Waals surface area (Å²) in [6.07, 6.45) is 4.74. The maximum atomic E-state index is 13.0. The number of hydrogen-bond donors (Lipinski definition) is 0. The molecule has 2 aliphatic heterocycles. The Morgan fingerprint density at radius 2 is 2.26 bits per heavy atom. The highest BCUT2D eigenvalue weighted by atomic mass is 16.2. The minimum absolute atomic E-state index is 0.158. The summed E-state index contributed by atoms with van der Waals surface area (Å²) in [5, 5.41) is 0. The van der Waals surface area contributed by atoms with Gasteiger partial charge in [-0.15, -0.1) is 0 Å². The molecule has 1 amide bonds. The lowest BCUT2D eigenvalue weighted by Crippen LogP contribution is -2.41. The second-order valence-electron chi connectivity index (χ2n) is 7.43. The molecule has 0 aliphatic carbocycles. The fraction of sp³-hybridized carbons (Fsp3) is 0.667. The summed E-state index contributed by atoms with van der Waals surface area (Å²) >= 11 is 0. The van der Waals surface area contributed by atoms with Crippen LogP contribution in [0.5, 0.6) is 0 Å². The van der Waals surface area contributed by atoms with Crippen LogP contribution in [-0.2, 0) is 11.3 Å². The van der Waals surface area contributed by atoms with Crippen molar-refractivity contribution in [2.45, 2.75) is 19.9 Å². The van der Waals surface area contributed by atoms with Crippen LogP contribution in [0.1, 0.15) is 18.9 Å². The largest absolute Gasteiger partial charge is 0.341 e. The summed E-state index contributed by atoms with van der Waals surface area (Å²) in [4.78, 5) is 23.9. The highest BCUT2D eigenvalue weighted by Crippen LogP contribution is 2.44. The zero-order valence-electron chi connectivity index (χ0n) is 14.5. The standard InChI is InChI=1S/C18H28N4O/c1-15-12-21(13-16-5-4-7-19-11-16)14-18(15)6-8-22(17(18)23)10-9-20(2)3/h4-5,7,11,15H,6,8-10,12-14H2,1-3H3/t15-,18-/m1/s1. The lowest BCUT2D eigenvalue weighted by atomic mass is 9.78. The Morgan fingerprint density at radius 3 is 2.96 bits per heavy atom. The number of nitrogens with zero attached hydrogens (tertiary/aromatic N) is 4. The molecule has 5 heteroatoms. The molecule has 0 radical (unpaired) electrons. The molecule has 2 saturated heterocycles. The van der Waals surface area contributed by atoms with Crippen molar-refractivity contribution in [3.63, 3.8) is 0 Å². The quantitative estimate of drug-likeness (QED) is 0.821. The van der Waals surface area contributed by atoms with E-state index in [9.17, 15) is 4.79 Å². The molecule has 0 unspecified atom stereocenters. The first-order valence-corrected chi connectivity index (χ1v) is 8.56. The predicted octanol–water partition coefficient (Wildman–Crippen LogP) is 1.31. The Kier molecular flexibility index (Phi) is 4.69. The summed E-state index contributed by atoms with van der Waals surface area (Å²) < 4.78 is 0. The van der Waals surface area contributed by atoms with Gasteiger partial charge in [0.1, 0.15) is 0 Å². The number of likely N-dealkylation sites (N-methyl/N-ethyl adjacent to an activating group) is 1. The van der Waals surface area contributed by atoms with Gasteiger partial charge in [0.05, 0.1) is 5.41 Å². The molecule has 3 heterocycles. The number of amides is 1. The molecular weight excluding hydrogens is 288 g/mol. The molecule has 0 N–H and O–H groups in total. The SMILES string of the molecule is C[C@@H]1CN(Cc2cccnc2)C[C@]12CCN(CCN(C)C)C2=O.